The number of amides is 1. The van der Waals surface area contributed by atoms with E-state index in [0.29, 0.717) is 0 Å². The summed E-state index contributed by atoms with van der Waals surface area (Å²) < 4.78 is 1.88. The van der Waals surface area contributed by atoms with Gasteiger partial charge in [0.2, 0.25) is 5.91 Å². The van der Waals surface area contributed by atoms with Crippen LogP contribution in [0.15, 0.2) is 30.3 Å². The number of hydrogen-bond donors (Lipinski definition) is 2. The van der Waals surface area contributed by atoms with Crippen molar-refractivity contribution in [3.8, 4) is 5.69 Å². The Labute approximate surface area is 140 Å². The first-order chi connectivity index (χ1) is 10.1. The zero-order valence-corrected chi connectivity index (χ0v) is 14.1. The van der Waals surface area contributed by atoms with Crippen LogP contribution in [0.3, 0.4) is 0 Å². The minimum absolute atomic E-state index is 0. The van der Waals surface area contributed by atoms with Gasteiger partial charge in [0.15, 0.2) is 0 Å². The van der Waals surface area contributed by atoms with Crippen LogP contribution in [0.25, 0.3) is 5.69 Å². The molecule has 7 heteroatoms. The van der Waals surface area contributed by atoms with Crippen LogP contribution in [-0.4, -0.2) is 33.4 Å². The van der Waals surface area contributed by atoms with Crippen molar-refractivity contribution in [3.05, 3.63) is 41.7 Å². The normalized spacial score (nSPS) is 17.1. The number of hydrogen-bond acceptors (Lipinski definition) is 4. The van der Waals surface area contributed by atoms with E-state index in [2.05, 4.69) is 15.7 Å². The van der Waals surface area contributed by atoms with Crippen LogP contribution in [0, 0.1) is 13.8 Å². The molecular formula is C15H19ClN4OS. The van der Waals surface area contributed by atoms with Gasteiger partial charge in [0.05, 0.1) is 17.4 Å². The molecule has 0 radical (unpaired) electrons. The van der Waals surface area contributed by atoms with Gasteiger partial charge < -0.3 is 5.32 Å². The van der Waals surface area contributed by atoms with Gasteiger partial charge in [0.25, 0.3) is 0 Å². The molecule has 2 N–H and O–H groups in total. The second-order valence-electron chi connectivity index (χ2n) is 5.15. The minimum Gasteiger partial charge on any atom is -0.325 e. The number of thioether (sulfide) groups is 1. The molecule has 3 rings (SSSR count). The van der Waals surface area contributed by atoms with E-state index in [9.17, 15) is 4.79 Å². The van der Waals surface area contributed by atoms with Crippen molar-refractivity contribution in [1.82, 2.24) is 15.1 Å². The Morgan fingerprint density at radius 1 is 1.41 bits per heavy atom. The molecule has 1 aliphatic rings. The van der Waals surface area contributed by atoms with Crippen molar-refractivity contribution in [2.75, 3.05) is 16.9 Å². The van der Waals surface area contributed by atoms with E-state index in [-0.39, 0.29) is 24.4 Å². The van der Waals surface area contributed by atoms with Crippen LogP contribution in [0.1, 0.15) is 11.4 Å². The van der Waals surface area contributed by atoms with E-state index in [1.54, 1.807) is 11.8 Å². The van der Waals surface area contributed by atoms with Crippen LogP contribution >= 0.6 is 24.2 Å². The first-order valence-corrected chi connectivity index (χ1v) is 8.04. The smallest absolute Gasteiger partial charge is 0.242 e. The Hall–Kier alpha value is -1.50. The molecule has 0 spiro atoms. The maximum Gasteiger partial charge on any atom is 0.242 e. The topological polar surface area (TPSA) is 59.0 Å². The van der Waals surface area contributed by atoms with Gasteiger partial charge in [-0.3, -0.25) is 10.1 Å². The molecule has 1 unspecified atom stereocenters. The summed E-state index contributed by atoms with van der Waals surface area (Å²) in [6, 6.07) is 9.68. The lowest BCUT2D eigenvalue weighted by Gasteiger charge is -2.12. The SMILES string of the molecule is Cc1cc(C)n(-c2cccc(NC(=O)C3CSCN3)c2)n1.Cl. The van der Waals surface area contributed by atoms with Crippen LogP contribution in [0.5, 0.6) is 0 Å². The number of nitrogens with one attached hydrogen (secondary N) is 2. The summed E-state index contributed by atoms with van der Waals surface area (Å²) in [5, 5.41) is 10.6. The van der Waals surface area contributed by atoms with Gasteiger partial charge in [-0.05, 0) is 38.1 Å². The standard InChI is InChI=1S/C15H18N4OS.ClH/c1-10-6-11(2)19(18-10)13-5-3-4-12(7-13)17-15(20)14-8-21-9-16-14;/h3-7,14,16H,8-9H2,1-2H3,(H,17,20);1H. The molecule has 118 valence electrons. The summed E-state index contributed by atoms with van der Waals surface area (Å²) >= 11 is 1.74. The predicted molar refractivity (Wildman–Crippen MR) is 93.2 cm³/mol. The van der Waals surface area contributed by atoms with Gasteiger partial charge in [-0.1, -0.05) is 6.07 Å². The van der Waals surface area contributed by atoms with Gasteiger partial charge in [-0.15, -0.1) is 24.2 Å². The zero-order chi connectivity index (χ0) is 14.8. The van der Waals surface area contributed by atoms with Gasteiger partial charge in [-0.25, -0.2) is 4.68 Å². The summed E-state index contributed by atoms with van der Waals surface area (Å²) in [5.41, 5.74) is 3.80. The number of aryl methyl sites for hydroxylation is 2. The summed E-state index contributed by atoms with van der Waals surface area (Å²) in [6.45, 7) is 3.99. The Morgan fingerprint density at radius 3 is 2.86 bits per heavy atom. The van der Waals surface area contributed by atoms with E-state index in [4.69, 9.17) is 0 Å². The molecule has 0 saturated carbocycles. The number of rotatable bonds is 3. The van der Waals surface area contributed by atoms with Crippen molar-refractivity contribution in [3.63, 3.8) is 0 Å². The number of anilines is 1. The van der Waals surface area contributed by atoms with Crippen molar-refractivity contribution >= 4 is 35.8 Å². The highest BCUT2D eigenvalue weighted by Crippen LogP contribution is 2.18. The van der Waals surface area contributed by atoms with Crippen molar-refractivity contribution in [2.24, 2.45) is 0 Å². The van der Waals surface area contributed by atoms with Gasteiger partial charge in [0.1, 0.15) is 0 Å². The molecule has 2 heterocycles. The first-order valence-electron chi connectivity index (χ1n) is 6.89. The van der Waals surface area contributed by atoms with Crippen LogP contribution < -0.4 is 10.6 Å². The molecule has 1 aromatic carbocycles. The largest absolute Gasteiger partial charge is 0.325 e. The average molecular weight is 339 g/mol. The van der Waals surface area contributed by atoms with Crippen LogP contribution in [-0.2, 0) is 4.79 Å². The number of carbonyl (C=O) groups is 1. The molecule has 1 atom stereocenters. The van der Waals surface area contributed by atoms with Crippen molar-refractivity contribution < 1.29 is 4.79 Å². The Morgan fingerprint density at radius 2 is 2.23 bits per heavy atom. The third-order valence-electron chi connectivity index (χ3n) is 3.40. The quantitative estimate of drug-likeness (QED) is 0.902. The van der Waals surface area contributed by atoms with Gasteiger partial charge >= 0.3 is 0 Å². The molecule has 0 aliphatic carbocycles. The fraction of sp³-hybridized carbons (Fsp3) is 0.333. The number of carbonyl (C=O) groups excluding carboxylic acids is 1. The van der Waals surface area contributed by atoms with E-state index < -0.39 is 0 Å². The Bertz CT molecular complexity index is 667. The molecule has 0 bridgehead atoms. The van der Waals surface area contributed by atoms with Gasteiger partial charge in [-0.2, -0.15) is 5.10 Å². The highest BCUT2D eigenvalue weighted by Gasteiger charge is 2.22. The molecular weight excluding hydrogens is 320 g/mol. The second kappa shape index (κ2) is 7.17. The highest BCUT2D eigenvalue weighted by atomic mass is 35.5. The number of benzene rings is 1. The molecule has 5 nitrogen and oxygen atoms in total. The Kier molecular flexibility index (Phi) is 5.50. The molecule has 1 fully saturated rings. The monoisotopic (exact) mass is 338 g/mol. The third-order valence-corrected chi connectivity index (χ3v) is 4.34. The molecule has 1 aromatic heterocycles. The first kappa shape index (κ1) is 16.9. The fourth-order valence-corrected chi connectivity index (χ4v) is 3.34. The predicted octanol–water partition coefficient (Wildman–Crippen LogP) is 2.51. The zero-order valence-electron chi connectivity index (χ0n) is 12.5. The number of halogens is 1. The Balaban J connectivity index is 0.00000176. The minimum atomic E-state index is -0.104. The van der Waals surface area contributed by atoms with Crippen molar-refractivity contribution in [1.29, 1.82) is 0 Å². The average Bonchev–Trinajstić information content (AvgIpc) is 3.08. The summed E-state index contributed by atoms with van der Waals surface area (Å²) in [6.07, 6.45) is 0. The summed E-state index contributed by atoms with van der Waals surface area (Å²) in [4.78, 5) is 12.1. The molecule has 1 aliphatic heterocycles. The molecule has 2 aromatic rings. The van der Waals surface area contributed by atoms with Crippen molar-refractivity contribution in [2.45, 2.75) is 19.9 Å². The van der Waals surface area contributed by atoms with E-state index in [0.717, 1.165) is 34.4 Å². The fourth-order valence-electron chi connectivity index (χ4n) is 2.40. The lowest BCUT2D eigenvalue weighted by atomic mass is 10.2. The molecule has 22 heavy (non-hydrogen) atoms. The highest BCUT2D eigenvalue weighted by molar-refractivity contribution is 7.99. The second-order valence-corrected chi connectivity index (χ2v) is 6.18. The summed E-state index contributed by atoms with van der Waals surface area (Å²) in [5.74, 6) is 1.68. The molecule has 1 amide bonds. The van der Waals surface area contributed by atoms with Crippen LogP contribution in [0.4, 0.5) is 5.69 Å². The maximum atomic E-state index is 12.1. The molecule has 1 saturated heterocycles. The van der Waals surface area contributed by atoms with Gasteiger partial charge in [0, 0.05) is 23.0 Å². The van der Waals surface area contributed by atoms with E-state index in [1.807, 2.05) is 48.9 Å². The van der Waals surface area contributed by atoms with E-state index >= 15 is 0 Å². The van der Waals surface area contributed by atoms with Crippen LogP contribution in [0.2, 0.25) is 0 Å². The lowest BCUT2D eigenvalue weighted by Crippen LogP contribution is -2.37. The van der Waals surface area contributed by atoms with E-state index in [1.165, 1.54) is 0 Å². The maximum absolute atomic E-state index is 12.1. The third kappa shape index (κ3) is 3.63. The number of nitrogens with zero attached hydrogens (tertiary/aromatic N) is 2. The lowest BCUT2D eigenvalue weighted by molar-refractivity contribution is -0.117. The number of aromatic nitrogens is 2. The summed E-state index contributed by atoms with van der Waals surface area (Å²) in [7, 11) is 0.